The highest BCUT2D eigenvalue weighted by Gasteiger charge is 2.03. The average molecular weight is 204 g/mol. The minimum atomic E-state index is -0.403. The van der Waals surface area contributed by atoms with Crippen molar-refractivity contribution in [1.82, 2.24) is 9.97 Å². The Morgan fingerprint density at radius 3 is 2.60 bits per heavy atom. The molecule has 1 aromatic heterocycles. The molecule has 3 nitrogen and oxygen atoms in total. The molecular formula is C11H9FN2O. The zero-order chi connectivity index (χ0) is 10.8. The Labute approximate surface area is 85.6 Å². The third-order valence-electron chi connectivity index (χ3n) is 2.13. The minimum absolute atomic E-state index is 0.298. The molecule has 76 valence electrons. The van der Waals surface area contributed by atoms with Crippen LogP contribution in [0.2, 0.25) is 0 Å². The lowest BCUT2D eigenvalue weighted by atomic mass is 10.1. The van der Waals surface area contributed by atoms with E-state index in [2.05, 4.69) is 9.97 Å². The molecule has 15 heavy (non-hydrogen) atoms. The number of nitrogens with zero attached hydrogens (tertiary/aromatic N) is 1. The summed E-state index contributed by atoms with van der Waals surface area (Å²) in [6.07, 6.45) is 1.50. The summed E-state index contributed by atoms with van der Waals surface area (Å²) in [5, 5.41) is 0. The second kappa shape index (κ2) is 3.65. The highest BCUT2D eigenvalue weighted by molar-refractivity contribution is 5.61. The summed E-state index contributed by atoms with van der Waals surface area (Å²) in [7, 11) is 0. The first-order chi connectivity index (χ1) is 7.16. The molecule has 0 spiro atoms. The van der Waals surface area contributed by atoms with Crippen LogP contribution in [-0.4, -0.2) is 9.97 Å². The predicted octanol–water partition coefficient (Wildman–Crippen LogP) is 1.88. The van der Waals surface area contributed by atoms with Gasteiger partial charge in [-0.1, -0.05) is 0 Å². The van der Waals surface area contributed by atoms with E-state index in [0.717, 1.165) is 11.1 Å². The molecule has 0 fully saturated rings. The fourth-order valence-corrected chi connectivity index (χ4v) is 1.37. The number of benzene rings is 1. The van der Waals surface area contributed by atoms with E-state index in [1.54, 1.807) is 12.1 Å². The first-order valence-electron chi connectivity index (χ1n) is 4.48. The Bertz CT molecular complexity index is 531. The molecule has 0 unspecified atom stereocenters. The van der Waals surface area contributed by atoms with Gasteiger partial charge in [-0.3, -0.25) is 0 Å². The van der Waals surface area contributed by atoms with Gasteiger partial charge in [0.2, 0.25) is 0 Å². The highest BCUT2D eigenvalue weighted by Crippen LogP contribution is 2.18. The van der Waals surface area contributed by atoms with Gasteiger partial charge in [0, 0.05) is 6.20 Å². The van der Waals surface area contributed by atoms with Gasteiger partial charge in [0.05, 0.1) is 5.69 Å². The van der Waals surface area contributed by atoms with Gasteiger partial charge >= 0.3 is 5.69 Å². The predicted molar refractivity (Wildman–Crippen MR) is 55.0 cm³/mol. The van der Waals surface area contributed by atoms with Crippen molar-refractivity contribution in [3.05, 3.63) is 52.3 Å². The van der Waals surface area contributed by atoms with Gasteiger partial charge in [-0.25, -0.2) is 14.2 Å². The van der Waals surface area contributed by atoms with Gasteiger partial charge in [0.25, 0.3) is 0 Å². The first-order valence-corrected chi connectivity index (χ1v) is 4.48. The maximum absolute atomic E-state index is 12.7. The molecule has 0 amide bonds. The molecular weight excluding hydrogens is 195 g/mol. The Morgan fingerprint density at radius 2 is 1.93 bits per heavy atom. The topological polar surface area (TPSA) is 45.8 Å². The van der Waals surface area contributed by atoms with Crippen LogP contribution >= 0.6 is 0 Å². The maximum Gasteiger partial charge on any atom is 0.345 e. The Morgan fingerprint density at radius 1 is 1.27 bits per heavy atom. The summed E-state index contributed by atoms with van der Waals surface area (Å²) in [4.78, 5) is 17.3. The molecule has 0 saturated heterocycles. The smallest absolute Gasteiger partial charge is 0.305 e. The Balaban J connectivity index is 2.58. The van der Waals surface area contributed by atoms with E-state index in [9.17, 15) is 9.18 Å². The number of nitrogens with one attached hydrogen (secondary N) is 1. The van der Waals surface area contributed by atoms with Gasteiger partial charge in [0.1, 0.15) is 5.82 Å². The normalized spacial score (nSPS) is 10.3. The van der Waals surface area contributed by atoms with Gasteiger partial charge in [0.15, 0.2) is 0 Å². The highest BCUT2D eigenvalue weighted by atomic mass is 19.1. The molecule has 2 rings (SSSR count). The van der Waals surface area contributed by atoms with E-state index in [1.165, 1.54) is 18.3 Å². The number of aryl methyl sites for hydroxylation is 1. The Hall–Kier alpha value is -1.97. The van der Waals surface area contributed by atoms with E-state index < -0.39 is 5.69 Å². The van der Waals surface area contributed by atoms with Crippen molar-refractivity contribution >= 4 is 0 Å². The molecule has 0 atom stereocenters. The fourth-order valence-electron chi connectivity index (χ4n) is 1.37. The van der Waals surface area contributed by atoms with E-state index in [-0.39, 0.29) is 5.82 Å². The summed E-state index contributed by atoms with van der Waals surface area (Å²) in [5.41, 5.74) is 1.89. The van der Waals surface area contributed by atoms with E-state index in [4.69, 9.17) is 0 Å². The van der Waals surface area contributed by atoms with Gasteiger partial charge in [-0.15, -0.1) is 0 Å². The van der Waals surface area contributed by atoms with Crippen molar-refractivity contribution in [2.75, 3.05) is 0 Å². The van der Waals surface area contributed by atoms with Gasteiger partial charge < -0.3 is 4.98 Å². The first kappa shape index (κ1) is 9.58. The number of hydrogen-bond donors (Lipinski definition) is 1. The number of aromatic amines is 1. The zero-order valence-electron chi connectivity index (χ0n) is 8.12. The maximum atomic E-state index is 12.7. The van der Waals surface area contributed by atoms with Crippen LogP contribution in [0.25, 0.3) is 11.3 Å². The van der Waals surface area contributed by atoms with Crippen molar-refractivity contribution in [2.45, 2.75) is 6.92 Å². The van der Waals surface area contributed by atoms with Gasteiger partial charge in [-0.2, -0.15) is 0 Å². The summed E-state index contributed by atoms with van der Waals surface area (Å²) in [6.45, 7) is 1.83. The van der Waals surface area contributed by atoms with Crippen LogP contribution in [0, 0.1) is 12.7 Å². The number of H-pyrrole nitrogens is 1. The molecule has 0 aliphatic heterocycles. The standard InChI is InChI=1S/C11H9FN2O/c1-7-6-13-11(15)14-10(7)8-2-4-9(12)5-3-8/h2-6H,1H3,(H,13,14,15). The zero-order valence-corrected chi connectivity index (χ0v) is 8.12. The SMILES string of the molecule is Cc1cnc(=O)[nH]c1-c1ccc(F)cc1. The summed E-state index contributed by atoms with van der Waals surface area (Å²) >= 11 is 0. The summed E-state index contributed by atoms with van der Waals surface area (Å²) in [6, 6.07) is 5.95. The van der Waals surface area contributed by atoms with Crippen molar-refractivity contribution in [3.8, 4) is 11.3 Å². The largest absolute Gasteiger partial charge is 0.345 e. The van der Waals surface area contributed by atoms with E-state index in [0.29, 0.717) is 5.69 Å². The number of aromatic nitrogens is 2. The van der Waals surface area contributed by atoms with Crippen LogP contribution in [0.3, 0.4) is 0 Å². The molecule has 0 saturated carbocycles. The van der Waals surface area contributed by atoms with Crippen LogP contribution in [0.5, 0.6) is 0 Å². The quantitative estimate of drug-likeness (QED) is 0.770. The van der Waals surface area contributed by atoms with Crippen LogP contribution < -0.4 is 5.69 Å². The molecule has 1 N–H and O–H groups in total. The second-order valence-electron chi connectivity index (χ2n) is 3.25. The van der Waals surface area contributed by atoms with Crippen molar-refractivity contribution in [3.63, 3.8) is 0 Å². The number of halogens is 1. The fraction of sp³-hybridized carbons (Fsp3) is 0.0909. The summed E-state index contributed by atoms with van der Waals surface area (Å²) in [5.74, 6) is -0.298. The number of rotatable bonds is 1. The van der Waals surface area contributed by atoms with E-state index >= 15 is 0 Å². The third kappa shape index (κ3) is 1.93. The lowest BCUT2D eigenvalue weighted by Gasteiger charge is -2.03. The minimum Gasteiger partial charge on any atom is -0.305 e. The van der Waals surface area contributed by atoms with E-state index in [1.807, 2.05) is 6.92 Å². The monoisotopic (exact) mass is 204 g/mol. The molecule has 1 heterocycles. The van der Waals surface area contributed by atoms with Crippen molar-refractivity contribution in [2.24, 2.45) is 0 Å². The van der Waals surface area contributed by atoms with Crippen molar-refractivity contribution in [1.29, 1.82) is 0 Å². The molecule has 1 aromatic carbocycles. The number of hydrogen-bond acceptors (Lipinski definition) is 2. The second-order valence-corrected chi connectivity index (χ2v) is 3.25. The molecule has 0 bridgehead atoms. The average Bonchev–Trinajstić information content (AvgIpc) is 2.23. The van der Waals surface area contributed by atoms with Gasteiger partial charge in [-0.05, 0) is 42.3 Å². The lowest BCUT2D eigenvalue weighted by molar-refractivity contribution is 0.628. The van der Waals surface area contributed by atoms with Crippen LogP contribution in [0.1, 0.15) is 5.56 Å². The van der Waals surface area contributed by atoms with Crippen LogP contribution in [0.4, 0.5) is 4.39 Å². The molecule has 4 heteroatoms. The molecule has 0 aliphatic carbocycles. The summed E-state index contributed by atoms with van der Waals surface area (Å²) < 4.78 is 12.7. The Kier molecular flexibility index (Phi) is 2.33. The molecule has 2 aromatic rings. The molecule has 0 aliphatic rings. The third-order valence-corrected chi connectivity index (χ3v) is 2.13. The van der Waals surface area contributed by atoms with Crippen molar-refractivity contribution < 1.29 is 4.39 Å². The van der Waals surface area contributed by atoms with Crippen LogP contribution in [-0.2, 0) is 0 Å². The van der Waals surface area contributed by atoms with Crippen LogP contribution in [0.15, 0.2) is 35.3 Å². The lowest BCUT2D eigenvalue weighted by Crippen LogP contribution is -2.11. The molecule has 0 radical (unpaired) electrons.